The van der Waals surface area contributed by atoms with Crippen LogP contribution in [0, 0.1) is 17.8 Å². The highest BCUT2D eigenvalue weighted by atomic mass is 16.5. The number of piperazine rings is 1. The molecule has 0 spiro atoms. The van der Waals surface area contributed by atoms with Crippen LogP contribution in [0.1, 0.15) is 40.0 Å². The average Bonchev–Trinajstić information content (AvgIpc) is 2.63. The summed E-state index contributed by atoms with van der Waals surface area (Å²) in [6.07, 6.45) is 2.88. The number of methoxy groups -OCH3 is 1. The Morgan fingerprint density at radius 2 is 1.50 bits per heavy atom. The molecule has 2 rings (SSSR count). The fraction of sp³-hybridized carbons (Fsp3) is 0.900. The summed E-state index contributed by atoms with van der Waals surface area (Å²) in [5.41, 5.74) is 0. The third-order valence-electron chi connectivity index (χ3n) is 6.11. The van der Waals surface area contributed by atoms with Gasteiger partial charge < -0.3 is 14.5 Å². The first-order valence-corrected chi connectivity index (χ1v) is 10.2. The Bertz CT molecular complexity index is 453. The van der Waals surface area contributed by atoms with Crippen molar-refractivity contribution in [2.24, 2.45) is 17.8 Å². The molecular formula is C20H37N3O3. The van der Waals surface area contributed by atoms with Crippen molar-refractivity contribution in [1.29, 1.82) is 0 Å². The van der Waals surface area contributed by atoms with Gasteiger partial charge in [0.25, 0.3) is 0 Å². The van der Waals surface area contributed by atoms with Gasteiger partial charge in [-0.05, 0) is 30.6 Å². The van der Waals surface area contributed by atoms with Crippen LogP contribution in [-0.4, -0.2) is 86.0 Å². The highest BCUT2D eigenvalue weighted by Gasteiger charge is 2.27. The van der Waals surface area contributed by atoms with E-state index in [9.17, 15) is 9.59 Å². The normalized spacial score (nSPS) is 21.3. The number of nitrogens with zero attached hydrogens (tertiary/aromatic N) is 3. The van der Waals surface area contributed by atoms with E-state index in [1.165, 1.54) is 0 Å². The summed E-state index contributed by atoms with van der Waals surface area (Å²) < 4.78 is 4.93. The van der Waals surface area contributed by atoms with Crippen LogP contribution >= 0.6 is 0 Å². The zero-order valence-corrected chi connectivity index (χ0v) is 17.1. The van der Waals surface area contributed by atoms with Crippen molar-refractivity contribution in [3.05, 3.63) is 0 Å². The lowest BCUT2D eigenvalue weighted by molar-refractivity contribution is -0.137. The average molecular weight is 368 g/mol. The van der Waals surface area contributed by atoms with E-state index >= 15 is 0 Å². The number of rotatable bonds is 7. The Balaban J connectivity index is 1.66. The van der Waals surface area contributed by atoms with Crippen LogP contribution in [-0.2, 0) is 14.3 Å². The number of piperidine rings is 1. The quantitative estimate of drug-likeness (QED) is 0.687. The Labute approximate surface area is 158 Å². The summed E-state index contributed by atoms with van der Waals surface area (Å²) >= 11 is 0. The minimum atomic E-state index is 0.0922. The molecule has 0 N–H and O–H groups in total. The summed E-state index contributed by atoms with van der Waals surface area (Å²) in [5, 5.41) is 0. The molecular weight excluding hydrogens is 330 g/mol. The van der Waals surface area contributed by atoms with Gasteiger partial charge in [0.05, 0.1) is 0 Å². The van der Waals surface area contributed by atoms with Crippen LogP contribution in [0.2, 0.25) is 0 Å². The maximum absolute atomic E-state index is 12.4. The van der Waals surface area contributed by atoms with Gasteiger partial charge in [0.1, 0.15) is 6.61 Å². The molecule has 0 aliphatic carbocycles. The highest BCUT2D eigenvalue weighted by Crippen LogP contribution is 2.22. The van der Waals surface area contributed by atoms with Gasteiger partial charge in [-0.3, -0.25) is 14.5 Å². The van der Waals surface area contributed by atoms with E-state index in [4.69, 9.17) is 4.74 Å². The monoisotopic (exact) mass is 367 g/mol. The SMILES string of the molecule is COCC(=O)N1CCN(CC2CCN(C(=O)CC(C)C(C)C)CC2)CC1. The maximum Gasteiger partial charge on any atom is 0.248 e. The van der Waals surface area contributed by atoms with Gasteiger partial charge in [-0.1, -0.05) is 20.8 Å². The number of hydrogen-bond acceptors (Lipinski definition) is 4. The second kappa shape index (κ2) is 10.3. The predicted molar refractivity (Wildman–Crippen MR) is 103 cm³/mol. The van der Waals surface area contributed by atoms with Crippen molar-refractivity contribution >= 4 is 11.8 Å². The number of amides is 2. The van der Waals surface area contributed by atoms with Crippen molar-refractivity contribution in [3.8, 4) is 0 Å². The lowest BCUT2D eigenvalue weighted by Crippen LogP contribution is -2.51. The molecule has 0 radical (unpaired) electrons. The molecule has 2 fully saturated rings. The Kier molecular flexibility index (Phi) is 8.35. The molecule has 0 bridgehead atoms. The van der Waals surface area contributed by atoms with Gasteiger partial charge in [0.2, 0.25) is 11.8 Å². The van der Waals surface area contributed by atoms with Crippen LogP contribution < -0.4 is 0 Å². The summed E-state index contributed by atoms with van der Waals surface area (Å²) in [6, 6.07) is 0. The van der Waals surface area contributed by atoms with Crippen LogP contribution in [0.15, 0.2) is 0 Å². The van der Waals surface area contributed by atoms with Crippen LogP contribution in [0.5, 0.6) is 0 Å². The Morgan fingerprint density at radius 3 is 2.04 bits per heavy atom. The Morgan fingerprint density at radius 1 is 0.923 bits per heavy atom. The number of carbonyl (C=O) groups excluding carboxylic acids is 2. The smallest absolute Gasteiger partial charge is 0.248 e. The standard InChI is InChI=1S/C20H37N3O3/c1-16(2)17(3)13-19(24)22-7-5-18(6-8-22)14-21-9-11-23(12-10-21)20(25)15-26-4/h16-18H,5-15H2,1-4H3. The summed E-state index contributed by atoms with van der Waals surface area (Å²) in [7, 11) is 1.56. The zero-order valence-electron chi connectivity index (χ0n) is 17.1. The van der Waals surface area contributed by atoms with E-state index in [-0.39, 0.29) is 12.5 Å². The molecule has 6 nitrogen and oxygen atoms in total. The molecule has 0 aromatic carbocycles. The van der Waals surface area contributed by atoms with Crippen molar-refractivity contribution in [2.45, 2.75) is 40.0 Å². The molecule has 6 heteroatoms. The fourth-order valence-corrected chi connectivity index (χ4v) is 3.76. The van der Waals surface area contributed by atoms with Crippen molar-refractivity contribution in [3.63, 3.8) is 0 Å². The van der Waals surface area contributed by atoms with Crippen molar-refractivity contribution < 1.29 is 14.3 Å². The first kappa shape index (κ1) is 21.2. The minimum absolute atomic E-state index is 0.0922. The molecule has 0 saturated carbocycles. The highest BCUT2D eigenvalue weighted by molar-refractivity contribution is 5.77. The summed E-state index contributed by atoms with van der Waals surface area (Å²) in [4.78, 5) is 30.7. The van der Waals surface area contributed by atoms with E-state index in [1.807, 2.05) is 4.90 Å². The van der Waals surface area contributed by atoms with E-state index in [1.54, 1.807) is 7.11 Å². The fourth-order valence-electron chi connectivity index (χ4n) is 3.76. The van der Waals surface area contributed by atoms with Crippen LogP contribution in [0.25, 0.3) is 0 Å². The maximum atomic E-state index is 12.4. The molecule has 2 aliphatic heterocycles. The molecule has 26 heavy (non-hydrogen) atoms. The van der Waals surface area contributed by atoms with Gasteiger partial charge in [-0.25, -0.2) is 0 Å². The van der Waals surface area contributed by atoms with Gasteiger partial charge in [0, 0.05) is 59.3 Å². The van der Waals surface area contributed by atoms with Crippen molar-refractivity contribution in [2.75, 3.05) is 59.5 Å². The van der Waals surface area contributed by atoms with E-state index in [0.717, 1.165) is 58.7 Å². The van der Waals surface area contributed by atoms with Gasteiger partial charge >= 0.3 is 0 Å². The summed E-state index contributed by atoms with van der Waals surface area (Å²) in [6.45, 7) is 13.1. The van der Waals surface area contributed by atoms with Gasteiger partial charge in [-0.2, -0.15) is 0 Å². The molecule has 1 unspecified atom stereocenters. The number of hydrogen-bond donors (Lipinski definition) is 0. The zero-order chi connectivity index (χ0) is 19.1. The second-order valence-electron chi connectivity index (χ2n) is 8.36. The number of ether oxygens (including phenoxy) is 1. The first-order chi connectivity index (χ1) is 12.4. The number of carbonyl (C=O) groups is 2. The molecule has 0 aromatic rings. The third-order valence-corrected chi connectivity index (χ3v) is 6.11. The molecule has 2 aliphatic rings. The molecule has 2 heterocycles. The molecule has 150 valence electrons. The van der Waals surface area contributed by atoms with E-state index < -0.39 is 0 Å². The molecule has 2 saturated heterocycles. The van der Waals surface area contributed by atoms with Crippen LogP contribution in [0.4, 0.5) is 0 Å². The second-order valence-corrected chi connectivity index (χ2v) is 8.36. The Hall–Kier alpha value is -1.14. The van der Waals surface area contributed by atoms with Gasteiger partial charge in [-0.15, -0.1) is 0 Å². The molecule has 0 aromatic heterocycles. The van der Waals surface area contributed by atoms with E-state index in [0.29, 0.717) is 30.1 Å². The topological polar surface area (TPSA) is 53.1 Å². The lowest BCUT2D eigenvalue weighted by Gasteiger charge is -2.39. The minimum Gasteiger partial charge on any atom is -0.375 e. The first-order valence-electron chi connectivity index (χ1n) is 10.2. The van der Waals surface area contributed by atoms with Gasteiger partial charge in [0.15, 0.2) is 0 Å². The van der Waals surface area contributed by atoms with E-state index in [2.05, 4.69) is 30.6 Å². The largest absolute Gasteiger partial charge is 0.375 e. The van der Waals surface area contributed by atoms with Crippen LogP contribution in [0.3, 0.4) is 0 Å². The predicted octanol–water partition coefficient (Wildman–Crippen LogP) is 1.70. The van der Waals surface area contributed by atoms with Crippen molar-refractivity contribution in [1.82, 2.24) is 14.7 Å². The third kappa shape index (κ3) is 6.23. The summed E-state index contributed by atoms with van der Waals surface area (Å²) in [5.74, 6) is 2.11. The lowest BCUT2D eigenvalue weighted by atomic mass is 9.92. The molecule has 2 amide bonds. The molecule has 1 atom stereocenters. The number of likely N-dealkylation sites (tertiary alicyclic amines) is 1.